The lowest BCUT2D eigenvalue weighted by Crippen LogP contribution is -2.48. The topological polar surface area (TPSA) is 59.1 Å². The van der Waals surface area contributed by atoms with Crippen molar-refractivity contribution in [3.63, 3.8) is 0 Å². The fourth-order valence-electron chi connectivity index (χ4n) is 4.30. The SMILES string of the molecule is CCCN(CC(=O)N1CCc2sccc2[C@@H]1COc1ccc(Cl)cc1)C(=O)c1cccc(OC)c1. The number of halogens is 1. The maximum atomic E-state index is 13.6. The second-order valence-electron chi connectivity index (χ2n) is 8.38. The van der Waals surface area contributed by atoms with Gasteiger partial charge in [-0.25, -0.2) is 0 Å². The molecule has 0 spiro atoms. The summed E-state index contributed by atoms with van der Waals surface area (Å²) in [6.07, 6.45) is 1.55. The van der Waals surface area contributed by atoms with Gasteiger partial charge in [-0.2, -0.15) is 0 Å². The Bertz CT molecular complexity index is 1160. The standard InChI is InChI=1S/C27H29ClN2O4S/c1-3-13-29(27(32)19-5-4-6-22(16-19)33-2)17-26(31)30-14-11-25-23(12-15-35-25)24(30)18-34-21-9-7-20(28)8-10-21/h4-10,12,15-16,24H,3,11,13-14,17-18H2,1-2H3/t24-/m0/s1. The smallest absolute Gasteiger partial charge is 0.254 e. The third-order valence-electron chi connectivity index (χ3n) is 6.06. The molecular weight excluding hydrogens is 484 g/mol. The highest BCUT2D eigenvalue weighted by Gasteiger charge is 2.33. The number of amides is 2. The Balaban J connectivity index is 1.51. The van der Waals surface area contributed by atoms with E-state index in [1.807, 2.05) is 24.0 Å². The molecule has 1 aromatic heterocycles. The molecule has 0 N–H and O–H groups in total. The van der Waals surface area contributed by atoms with Crippen LogP contribution in [0.4, 0.5) is 0 Å². The first kappa shape index (κ1) is 25.1. The van der Waals surface area contributed by atoms with Crippen molar-refractivity contribution in [1.29, 1.82) is 0 Å². The van der Waals surface area contributed by atoms with Gasteiger partial charge in [0.1, 0.15) is 24.7 Å². The monoisotopic (exact) mass is 512 g/mol. The Morgan fingerprint density at radius 2 is 1.94 bits per heavy atom. The lowest BCUT2D eigenvalue weighted by Gasteiger charge is -2.37. The van der Waals surface area contributed by atoms with Crippen LogP contribution in [-0.4, -0.2) is 55.0 Å². The molecule has 0 saturated heterocycles. The average molecular weight is 513 g/mol. The summed E-state index contributed by atoms with van der Waals surface area (Å²) in [5.74, 6) is 1.04. The van der Waals surface area contributed by atoms with Crippen molar-refractivity contribution < 1.29 is 19.1 Å². The number of carbonyl (C=O) groups excluding carboxylic acids is 2. The third-order valence-corrected chi connectivity index (χ3v) is 7.31. The fraction of sp³-hybridized carbons (Fsp3) is 0.333. The highest BCUT2D eigenvalue weighted by Crippen LogP contribution is 2.34. The number of hydrogen-bond acceptors (Lipinski definition) is 5. The predicted octanol–water partition coefficient (Wildman–Crippen LogP) is 5.47. The molecule has 3 aromatic rings. The number of hydrogen-bond donors (Lipinski definition) is 0. The maximum absolute atomic E-state index is 13.6. The largest absolute Gasteiger partial charge is 0.497 e. The molecule has 1 aliphatic heterocycles. The molecule has 6 nitrogen and oxygen atoms in total. The van der Waals surface area contributed by atoms with E-state index in [1.165, 1.54) is 4.88 Å². The number of methoxy groups -OCH3 is 1. The van der Waals surface area contributed by atoms with Crippen LogP contribution in [0.25, 0.3) is 0 Å². The van der Waals surface area contributed by atoms with Gasteiger partial charge in [0.25, 0.3) is 5.91 Å². The fourth-order valence-corrected chi connectivity index (χ4v) is 5.35. The molecule has 0 unspecified atom stereocenters. The van der Waals surface area contributed by atoms with Gasteiger partial charge in [-0.1, -0.05) is 24.6 Å². The molecule has 4 rings (SSSR count). The molecule has 2 aromatic carbocycles. The first-order valence-corrected chi connectivity index (χ1v) is 12.9. The van der Waals surface area contributed by atoms with Gasteiger partial charge in [0.15, 0.2) is 0 Å². The first-order chi connectivity index (χ1) is 17.0. The minimum atomic E-state index is -0.219. The Morgan fingerprint density at radius 3 is 2.69 bits per heavy atom. The quantitative estimate of drug-likeness (QED) is 0.381. The minimum absolute atomic E-state index is 0.0147. The van der Waals surface area contributed by atoms with Gasteiger partial charge in [0.05, 0.1) is 13.2 Å². The Labute approximate surface area is 215 Å². The van der Waals surface area contributed by atoms with E-state index in [9.17, 15) is 9.59 Å². The van der Waals surface area contributed by atoms with Crippen LogP contribution in [0.5, 0.6) is 11.5 Å². The molecule has 0 radical (unpaired) electrons. The van der Waals surface area contributed by atoms with Crippen molar-refractivity contribution >= 4 is 34.8 Å². The first-order valence-electron chi connectivity index (χ1n) is 11.7. The summed E-state index contributed by atoms with van der Waals surface area (Å²) in [5, 5.41) is 2.70. The lowest BCUT2D eigenvalue weighted by molar-refractivity contribution is -0.135. The van der Waals surface area contributed by atoms with E-state index < -0.39 is 0 Å². The summed E-state index contributed by atoms with van der Waals surface area (Å²) in [7, 11) is 1.57. The van der Waals surface area contributed by atoms with E-state index >= 15 is 0 Å². The van der Waals surface area contributed by atoms with Gasteiger partial charge in [-0.15, -0.1) is 11.3 Å². The van der Waals surface area contributed by atoms with Crippen molar-refractivity contribution in [2.75, 3.05) is 33.4 Å². The lowest BCUT2D eigenvalue weighted by atomic mass is 10.0. The zero-order chi connectivity index (χ0) is 24.8. The number of carbonyl (C=O) groups is 2. The second kappa shape index (κ2) is 11.6. The van der Waals surface area contributed by atoms with Crippen LogP contribution >= 0.6 is 22.9 Å². The van der Waals surface area contributed by atoms with Crippen LogP contribution in [0.15, 0.2) is 60.0 Å². The van der Waals surface area contributed by atoms with Gasteiger partial charge in [-0.3, -0.25) is 9.59 Å². The zero-order valence-electron chi connectivity index (χ0n) is 19.9. The highest BCUT2D eigenvalue weighted by molar-refractivity contribution is 7.10. The Kier molecular flexibility index (Phi) is 8.31. The van der Waals surface area contributed by atoms with Crippen LogP contribution in [0, 0.1) is 0 Å². The predicted molar refractivity (Wildman–Crippen MR) is 139 cm³/mol. The van der Waals surface area contributed by atoms with Crippen molar-refractivity contribution in [3.8, 4) is 11.5 Å². The summed E-state index contributed by atoms with van der Waals surface area (Å²) in [5.41, 5.74) is 1.62. The van der Waals surface area contributed by atoms with E-state index in [1.54, 1.807) is 59.7 Å². The summed E-state index contributed by atoms with van der Waals surface area (Å²) in [6.45, 7) is 3.42. The van der Waals surface area contributed by atoms with Gasteiger partial charge in [-0.05, 0) is 72.3 Å². The molecule has 184 valence electrons. The number of fused-ring (bicyclic) bond motifs is 1. The van der Waals surface area contributed by atoms with Crippen molar-refractivity contribution in [3.05, 3.63) is 81.0 Å². The highest BCUT2D eigenvalue weighted by atomic mass is 35.5. The van der Waals surface area contributed by atoms with Crippen LogP contribution in [-0.2, 0) is 11.2 Å². The Hall–Kier alpha value is -3.03. The van der Waals surface area contributed by atoms with E-state index in [2.05, 4.69) is 11.4 Å². The van der Waals surface area contributed by atoms with Gasteiger partial charge in [0, 0.05) is 28.6 Å². The number of benzene rings is 2. The van der Waals surface area contributed by atoms with Gasteiger partial charge in [0.2, 0.25) is 5.91 Å². The van der Waals surface area contributed by atoms with Crippen LogP contribution in [0.2, 0.25) is 5.02 Å². The zero-order valence-corrected chi connectivity index (χ0v) is 21.5. The molecule has 0 saturated carbocycles. The van der Waals surface area contributed by atoms with E-state index in [-0.39, 0.29) is 24.4 Å². The number of thiophene rings is 1. The maximum Gasteiger partial charge on any atom is 0.254 e. The number of nitrogens with zero attached hydrogens (tertiary/aromatic N) is 2. The van der Waals surface area contributed by atoms with Crippen molar-refractivity contribution in [2.45, 2.75) is 25.8 Å². The molecule has 2 amide bonds. The van der Waals surface area contributed by atoms with Gasteiger partial charge < -0.3 is 19.3 Å². The molecule has 1 atom stereocenters. The molecule has 35 heavy (non-hydrogen) atoms. The summed E-state index contributed by atoms with van der Waals surface area (Å²) in [4.78, 5) is 31.6. The molecule has 0 fully saturated rings. The van der Waals surface area contributed by atoms with Gasteiger partial charge >= 0.3 is 0 Å². The molecule has 0 bridgehead atoms. The number of rotatable bonds is 9. The van der Waals surface area contributed by atoms with E-state index in [4.69, 9.17) is 21.1 Å². The summed E-state index contributed by atoms with van der Waals surface area (Å²) >= 11 is 7.70. The minimum Gasteiger partial charge on any atom is -0.497 e. The molecule has 0 aliphatic carbocycles. The molecule has 8 heteroatoms. The Morgan fingerprint density at radius 1 is 1.14 bits per heavy atom. The molecular formula is C27H29ClN2O4S. The van der Waals surface area contributed by atoms with Crippen LogP contribution < -0.4 is 9.47 Å². The normalized spacial score (nSPS) is 14.8. The number of ether oxygens (including phenoxy) is 2. The summed E-state index contributed by atoms with van der Waals surface area (Å²) < 4.78 is 11.3. The second-order valence-corrected chi connectivity index (χ2v) is 9.81. The average Bonchev–Trinajstić information content (AvgIpc) is 3.36. The third kappa shape index (κ3) is 5.97. The van der Waals surface area contributed by atoms with Crippen molar-refractivity contribution in [2.24, 2.45) is 0 Å². The molecule has 1 aliphatic rings. The summed E-state index contributed by atoms with van der Waals surface area (Å²) in [6, 6.07) is 16.1. The van der Waals surface area contributed by atoms with E-state index in [0.29, 0.717) is 41.8 Å². The van der Waals surface area contributed by atoms with Crippen LogP contribution in [0.1, 0.15) is 40.2 Å². The molecule has 2 heterocycles. The van der Waals surface area contributed by atoms with Crippen molar-refractivity contribution in [1.82, 2.24) is 9.80 Å². The van der Waals surface area contributed by atoms with E-state index in [0.717, 1.165) is 18.4 Å². The van der Waals surface area contributed by atoms with Crippen LogP contribution in [0.3, 0.4) is 0 Å².